The largest absolute Gasteiger partial charge is 0.367 e. The second kappa shape index (κ2) is 7.63. The molecule has 0 bridgehead atoms. The van der Waals surface area contributed by atoms with Crippen LogP contribution >= 0.6 is 11.6 Å². The number of hydrogen-bond acceptors (Lipinski definition) is 5. The predicted molar refractivity (Wildman–Crippen MR) is 94.4 cm³/mol. The molecule has 8 heteroatoms. The fourth-order valence-electron chi connectivity index (χ4n) is 2.71. The van der Waals surface area contributed by atoms with Crippen molar-refractivity contribution >= 4 is 28.9 Å². The first-order chi connectivity index (χ1) is 11.6. The monoisotopic (exact) mass is 348 g/mol. The van der Waals surface area contributed by atoms with Gasteiger partial charge in [0.15, 0.2) is 0 Å². The quantitative estimate of drug-likeness (QED) is 0.891. The zero-order valence-corrected chi connectivity index (χ0v) is 14.4. The lowest BCUT2D eigenvalue weighted by Gasteiger charge is -2.35. The standard InChI is InChI=1S/C16H21ClN6O/c1-21-6-8-22(9-7-21)15-3-2-13(17)10-14(15)20-16(24)4-5-23-12-18-11-19-23/h2-3,10-12H,4-9H2,1H3,(H,20,24). The molecular formula is C16H21ClN6O. The van der Waals surface area contributed by atoms with Crippen molar-refractivity contribution in [3.63, 3.8) is 0 Å². The summed E-state index contributed by atoms with van der Waals surface area (Å²) in [5, 5.41) is 7.59. The third-order valence-corrected chi connectivity index (χ3v) is 4.35. The van der Waals surface area contributed by atoms with Gasteiger partial charge in [0, 0.05) is 37.6 Å². The van der Waals surface area contributed by atoms with Gasteiger partial charge in [-0.3, -0.25) is 9.48 Å². The van der Waals surface area contributed by atoms with Crippen molar-refractivity contribution < 1.29 is 4.79 Å². The molecule has 2 aromatic rings. The van der Waals surface area contributed by atoms with Crippen molar-refractivity contribution in [1.29, 1.82) is 0 Å². The van der Waals surface area contributed by atoms with Gasteiger partial charge in [0.2, 0.25) is 5.91 Å². The number of anilines is 2. The predicted octanol–water partition coefficient (Wildman–Crippen LogP) is 1.71. The topological polar surface area (TPSA) is 66.3 Å². The lowest BCUT2D eigenvalue weighted by atomic mass is 10.2. The van der Waals surface area contributed by atoms with Crippen molar-refractivity contribution in [3.05, 3.63) is 35.9 Å². The second-order valence-corrected chi connectivity index (χ2v) is 6.34. The number of aryl methyl sites for hydroxylation is 1. The zero-order valence-electron chi connectivity index (χ0n) is 13.7. The van der Waals surface area contributed by atoms with E-state index >= 15 is 0 Å². The van der Waals surface area contributed by atoms with E-state index < -0.39 is 0 Å². The number of nitrogens with one attached hydrogen (secondary N) is 1. The Morgan fingerprint density at radius 2 is 2.08 bits per heavy atom. The first-order valence-corrected chi connectivity index (χ1v) is 8.35. The molecule has 0 atom stereocenters. The van der Waals surface area contributed by atoms with Crippen LogP contribution in [0.5, 0.6) is 0 Å². The van der Waals surface area contributed by atoms with Crippen LogP contribution in [0.15, 0.2) is 30.9 Å². The van der Waals surface area contributed by atoms with Gasteiger partial charge < -0.3 is 15.1 Å². The number of hydrogen-bond donors (Lipinski definition) is 1. The number of benzene rings is 1. The maximum absolute atomic E-state index is 12.3. The highest BCUT2D eigenvalue weighted by atomic mass is 35.5. The summed E-state index contributed by atoms with van der Waals surface area (Å²) in [5.41, 5.74) is 1.78. The normalized spacial score (nSPS) is 15.5. The Hall–Kier alpha value is -2.12. The molecule has 1 fully saturated rings. The molecule has 1 amide bonds. The summed E-state index contributed by atoms with van der Waals surface area (Å²) in [6.45, 7) is 4.36. The summed E-state index contributed by atoms with van der Waals surface area (Å²) in [6.07, 6.45) is 3.39. The van der Waals surface area contributed by atoms with E-state index in [9.17, 15) is 4.79 Å². The highest BCUT2D eigenvalue weighted by molar-refractivity contribution is 6.31. The molecule has 0 unspecified atom stereocenters. The van der Waals surface area contributed by atoms with Crippen LogP contribution in [0.3, 0.4) is 0 Å². The third kappa shape index (κ3) is 4.24. The maximum Gasteiger partial charge on any atom is 0.226 e. The molecule has 128 valence electrons. The van der Waals surface area contributed by atoms with Crippen LogP contribution in [0.25, 0.3) is 0 Å². The van der Waals surface area contributed by atoms with E-state index in [2.05, 4.69) is 32.2 Å². The molecule has 1 aromatic carbocycles. The molecule has 7 nitrogen and oxygen atoms in total. The van der Waals surface area contributed by atoms with Crippen LogP contribution in [0.4, 0.5) is 11.4 Å². The summed E-state index contributed by atoms with van der Waals surface area (Å²) in [7, 11) is 2.12. The number of rotatable bonds is 5. The fraction of sp³-hybridized carbons (Fsp3) is 0.438. The minimum Gasteiger partial charge on any atom is -0.367 e. The Balaban J connectivity index is 1.67. The van der Waals surface area contributed by atoms with Crippen molar-refractivity contribution in [1.82, 2.24) is 19.7 Å². The first kappa shape index (κ1) is 16.7. The average Bonchev–Trinajstić information content (AvgIpc) is 3.08. The molecule has 0 spiro atoms. The van der Waals surface area contributed by atoms with E-state index in [1.807, 2.05) is 18.2 Å². The molecule has 1 N–H and O–H groups in total. The zero-order chi connectivity index (χ0) is 16.9. The molecular weight excluding hydrogens is 328 g/mol. The minimum absolute atomic E-state index is 0.0665. The van der Waals surface area contributed by atoms with E-state index in [0.717, 1.165) is 37.6 Å². The van der Waals surface area contributed by atoms with Gasteiger partial charge >= 0.3 is 0 Å². The van der Waals surface area contributed by atoms with Crippen molar-refractivity contribution in [2.75, 3.05) is 43.4 Å². The third-order valence-electron chi connectivity index (χ3n) is 4.11. The number of amides is 1. The minimum atomic E-state index is -0.0665. The summed E-state index contributed by atoms with van der Waals surface area (Å²) >= 11 is 6.12. The molecule has 2 heterocycles. The number of carbonyl (C=O) groups is 1. The van der Waals surface area contributed by atoms with Crippen LogP contribution in [-0.2, 0) is 11.3 Å². The fourth-order valence-corrected chi connectivity index (χ4v) is 2.88. The maximum atomic E-state index is 12.3. The number of aromatic nitrogens is 3. The van der Waals surface area contributed by atoms with Crippen LogP contribution < -0.4 is 10.2 Å². The average molecular weight is 349 g/mol. The van der Waals surface area contributed by atoms with Gasteiger partial charge in [0.05, 0.1) is 17.9 Å². The van der Waals surface area contributed by atoms with Crippen LogP contribution in [0.2, 0.25) is 5.02 Å². The van der Waals surface area contributed by atoms with Gasteiger partial charge in [-0.05, 0) is 25.2 Å². The second-order valence-electron chi connectivity index (χ2n) is 5.91. The van der Waals surface area contributed by atoms with E-state index in [4.69, 9.17) is 11.6 Å². The molecule has 1 aliphatic heterocycles. The SMILES string of the molecule is CN1CCN(c2ccc(Cl)cc2NC(=O)CCn2cncn2)CC1. The number of likely N-dealkylation sites (N-methyl/N-ethyl adjacent to an activating group) is 1. The Labute approximate surface area is 146 Å². The number of carbonyl (C=O) groups excluding carboxylic acids is 1. The molecule has 3 rings (SSSR count). The van der Waals surface area contributed by atoms with Crippen molar-refractivity contribution in [2.24, 2.45) is 0 Å². The Morgan fingerprint density at radius 3 is 2.79 bits per heavy atom. The van der Waals surface area contributed by atoms with E-state index in [0.29, 0.717) is 18.0 Å². The van der Waals surface area contributed by atoms with Crippen LogP contribution in [0.1, 0.15) is 6.42 Å². The highest BCUT2D eigenvalue weighted by Crippen LogP contribution is 2.30. The summed E-state index contributed by atoms with van der Waals surface area (Å²) in [4.78, 5) is 20.7. The Morgan fingerprint density at radius 1 is 1.29 bits per heavy atom. The van der Waals surface area contributed by atoms with Gasteiger partial charge in [-0.15, -0.1) is 0 Å². The summed E-state index contributed by atoms with van der Waals surface area (Å²) in [6, 6.07) is 5.64. The Kier molecular flexibility index (Phi) is 5.32. The number of halogens is 1. The molecule has 1 saturated heterocycles. The van der Waals surface area contributed by atoms with Crippen LogP contribution in [-0.4, -0.2) is 58.8 Å². The van der Waals surface area contributed by atoms with E-state index in [-0.39, 0.29) is 5.91 Å². The van der Waals surface area contributed by atoms with E-state index in [1.54, 1.807) is 11.0 Å². The summed E-state index contributed by atoms with van der Waals surface area (Å²) < 4.78 is 1.64. The molecule has 0 radical (unpaired) electrons. The van der Waals surface area contributed by atoms with Gasteiger partial charge in [-0.25, -0.2) is 4.98 Å². The Bertz CT molecular complexity index is 682. The lowest BCUT2D eigenvalue weighted by Crippen LogP contribution is -2.44. The molecule has 1 aliphatic rings. The molecule has 24 heavy (non-hydrogen) atoms. The van der Waals surface area contributed by atoms with Gasteiger partial charge in [-0.2, -0.15) is 5.10 Å². The first-order valence-electron chi connectivity index (χ1n) is 7.97. The lowest BCUT2D eigenvalue weighted by molar-refractivity contribution is -0.116. The van der Waals surface area contributed by atoms with E-state index in [1.165, 1.54) is 6.33 Å². The molecule has 0 saturated carbocycles. The number of nitrogens with zero attached hydrogens (tertiary/aromatic N) is 5. The van der Waals surface area contributed by atoms with Gasteiger partial charge in [0.25, 0.3) is 0 Å². The van der Waals surface area contributed by atoms with Gasteiger partial charge in [-0.1, -0.05) is 11.6 Å². The number of piperazine rings is 1. The smallest absolute Gasteiger partial charge is 0.226 e. The molecule has 1 aromatic heterocycles. The molecule has 0 aliphatic carbocycles. The summed E-state index contributed by atoms with van der Waals surface area (Å²) in [5.74, 6) is -0.0665. The van der Waals surface area contributed by atoms with Crippen molar-refractivity contribution in [3.8, 4) is 0 Å². The van der Waals surface area contributed by atoms with Crippen molar-refractivity contribution in [2.45, 2.75) is 13.0 Å². The van der Waals surface area contributed by atoms with Gasteiger partial charge in [0.1, 0.15) is 12.7 Å². The van der Waals surface area contributed by atoms with Crippen LogP contribution in [0, 0.1) is 0 Å². The highest BCUT2D eigenvalue weighted by Gasteiger charge is 2.18.